The quantitative estimate of drug-likeness (QED) is 0.557. The number of nitrogens with zero attached hydrogens (tertiary/aromatic N) is 1. The Bertz CT molecular complexity index is 540. The number of nitrogens with one attached hydrogen (secondary N) is 3. The van der Waals surface area contributed by atoms with E-state index in [1.54, 1.807) is 24.3 Å². The van der Waals surface area contributed by atoms with E-state index in [0.717, 1.165) is 19.6 Å². The molecule has 0 aliphatic rings. The largest absolute Gasteiger partial charge is 0.351 e. The van der Waals surface area contributed by atoms with Crippen LogP contribution in [-0.2, 0) is 4.79 Å². The minimum absolute atomic E-state index is 0. The van der Waals surface area contributed by atoms with Gasteiger partial charge in [-0.2, -0.15) is 0 Å². The molecule has 3 N–H and O–H groups in total. The first-order valence-electron chi connectivity index (χ1n) is 8.57. The number of anilines is 1. The SMILES string of the molecule is CCN(CC)CCNC(=O)c1cccc(NC(=O)C(C)CNC)c1.Cl.Cl. The Hall–Kier alpha value is -1.34. The number of rotatable bonds is 10. The van der Waals surface area contributed by atoms with E-state index in [1.165, 1.54) is 0 Å². The zero-order chi connectivity index (χ0) is 17.9. The first-order valence-corrected chi connectivity index (χ1v) is 8.57. The standard InChI is InChI=1S/C18H30N4O2.2ClH/c1-5-22(6-2)11-10-20-18(24)15-8-7-9-16(12-15)21-17(23)14(3)13-19-4;;/h7-9,12,14,19H,5-6,10-11,13H2,1-4H3,(H,20,24)(H,21,23);2*1H. The average Bonchev–Trinajstić information content (AvgIpc) is 2.59. The van der Waals surface area contributed by atoms with Crippen LogP contribution in [0.2, 0.25) is 0 Å². The normalized spacial score (nSPS) is 11.1. The molecule has 0 saturated heterocycles. The fourth-order valence-electron chi connectivity index (χ4n) is 2.37. The molecule has 8 heteroatoms. The molecule has 0 aliphatic heterocycles. The van der Waals surface area contributed by atoms with Gasteiger partial charge in [0, 0.05) is 36.8 Å². The maximum absolute atomic E-state index is 12.2. The summed E-state index contributed by atoms with van der Waals surface area (Å²) in [4.78, 5) is 26.5. The third-order valence-corrected chi connectivity index (χ3v) is 3.96. The molecule has 1 aromatic rings. The zero-order valence-electron chi connectivity index (χ0n) is 16.0. The maximum atomic E-state index is 12.2. The highest BCUT2D eigenvalue weighted by molar-refractivity contribution is 5.97. The van der Waals surface area contributed by atoms with Crippen LogP contribution in [0.15, 0.2) is 24.3 Å². The van der Waals surface area contributed by atoms with Crippen molar-refractivity contribution in [2.24, 2.45) is 5.92 Å². The van der Waals surface area contributed by atoms with E-state index in [-0.39, 0.29) is 42.5 Å². The molecule has 150 valence electrons. The molecular formula is C18H32Cl2N4O2. The van der Waals surface area contributed by atoms with Crippen LogP contribution < -0.4 is 16.0 Å². The summed E-state index contributed by atoms with van der Waals surface area (Å²) in [5.74, 6) is -0.327. The van der Waals surface area contributed by atoms with Crippen molar-refractivity contribution < 1.29 is 9.59 Å². The van der Waals surface area contributed by atoms with Crippen LogP contribution in [0, 0.1) is 5.92 Å². The van der Waals surface area contributed by atoms with E-state index in [1.807, 2.05) is 14.0 Å². The minimum atomic E-state index is -0.137. The highest BCUT2D eigenvalue weighted by atomic mass is 35.5. The number of likely N-dealkylation sites (N-methyl/N-ethyl adjacent to an activating group) is 1. The summed E-state index contributed by atoms with van der Waals surface area (Å²) in [6, 6.07) is 7.02. The fourth-order valence-corrected chi connectivity index (χ4v) is 2.37. The van der Waals surface area contributed by atoms with Crippen molar-refractivity contribution in [3.05, 3.63) is 29.8 Å². The highest BCUT2D eigenvalue weighted by Crippen LogP contribution is 2.12. The van der Waals surface area contributed by atoms with Crippen LogP contribution in [0.4, 0.5) is 5.69 Å². The van der Waals surface area contributed by atoms with E-state index >= 15 is 0 Å². The van der Waals surface area contributed by atoms with Crippen molar-refractivity contribution in [3.63, 3.8) is 0 Å². The number of amides is 2. The predicted octanol–water partition coefficient (Wildman–Crippen LogP) is 2.40. The Morgan fingerprint density at radius 1 is 1.15 bits per heavy atom. The second-order valence-electron chi connectivity index (χ2n) is 5.81. The molecule has 0 bridgehead atoms. The molecule has 1 atom stereocenters. The lowest BCUT2D eigenvalue weighted by atomic mass is 10.1. The van der Waals surface area contributed by atoms with Crippen molar-refractivity contribution >= 4 is 42.3 Å². The molecule has 1 aromatic carbocycles. The number of benzene rings is 1. The van der Waals surface area contributed by atoms with Gasteiger partial charge in [-0.25, -0.2) is 0 Å². The van der Waals surface area contributed by atoms with Crippen molar-refractivity contribution in [2.75, 3.05) is 45.1 Å². The van der Waals surface area contributed by atoms with Gasteiger partial charge >= 0.3 is 0 Å². The minimum Gasteiger partial charge on any atom is -0.351 e. The highest BCUT2D eigenvalue weighted by Gasteiger charge is 2.13. The first-order chi connectivity index (χ1) is 11.5. The van der Waals surface area contributed by atoms with E-state index in [2.05, 4.69) is 34.7 Å². The molecule has 0 radical (unpaired) electrons. The second kappa shape index (κ2) is 14.8. The van der Waals surface area contributed by atoms with Gasteiger partial charge < -0.3 is 20.9 Å². The summed E-state index contributed by atoms with van der Waals surface area (Å²) in [7, 11) is 1.81. The van der Waals surface area contributed by atoms with Crippen LogP contribution in [0.5, 0.6) is 0 Å². The van der Waals surface area contributed by atoms with Gasteiger partial charge in [-0.3, -0.25) is 9.59 Å². The van der Waals surface area contributed by atoms with Crippen molar-refractivity contribution in [3.8, 4) is 0 Å². The molecule has 6 nitrogen and oxygen atoms in total. The molecule has 0 spiro atoms. The Morgan fingerprint density at radius 3 is 2.38 bits per heavy atom. The summed E-state index contributed by atoms with van der Waals surface area (Å²) < 4.78 is 0. The fraction of sp³-hybridized carbons (Fsp3) is 0.556. The van der Waals surface area contributed by atoms with Crippen LogP contribution in [-0.4, -0.2) is 56.5 Å². The summed E-state index contributed by atoms with van der Waals surface area (Å²) in [6.07, 6.45) is 0. The first kappa shape index (κ1) is 26.9. The van der Waals surface area contributed by atoms with Gasteiger partial charge in [-0.15, -0.1) is 24.8 Å². The van der Waals surface area contributed by atoms with Crippen LogP contribution in [0.25, 0.3) is 0 Å². The van der Waals surface area contributed by atoms with E-state index in [0.29, 0.717) is 24.3 Å². The van der Waals surface area contributed by atoms with E-state index < -0.39 is 0 Å². The van der Waals surface area contributed by atoms with Gasteiger partial charge in [0.25, 0.3) is 5.91 Å². The Labute approximate surface area is 169 Å². The number of carbonyl (C=O) groups excluding carboxylic acids is 2. The van der Waals surface area contributed by atoms with Crippen LogP contribution in [0.3, 0.4) is 0 Å². The Kier molecular flexibility index (Phi) is 15.3. The predicted molar refractivity (Wildman–Crippen MR) is 113 cm³/mol. The molecule has 0 aliphatic carbocycles. The number of hydrogen-bond acceptors (Lipinski definition) is 4. The number of carbonyl (C=O) groups is 2. The maximum Gasteiger partial charge on any atom is 0.251 e. The lowest BCUT2D eigenvalue weighted by molar-refractivity contribution is -0.119. The van der Waals surface area contributed by atoms with Crippen molar-refractivity contribution in [1.29, 1.82) is 0 Å². The van der Waals surface area contributed by atoms with Gasteiger partial charge in [-0.05, 0) is 38.3 Å². The number of halogens is 2. The topological polar surface area (TPSA) is 73.5 Å². The van der Waals surface area contributed by atoms with Crippen molar-refractivity contribution in [1.82, 2.24) is 15.5 Å². The molecule has 0 aromatic heterocycles. The Balaban J connectivity index is 0. The van der Waals surface area contributed by atoms with E-state index in [4.69, 9.17) is 0 Å². The van der Waals surface area contributed by atoms with Crippen molar-refractivity contribution in [2.45, 2.75) is 20.8 Å². The lowest BCUT2D eigenvalue weighted by Crippen LogP contribution is -2.34. The molecule has 2 amide bonds. The average molecular weight is 407 g/mol. The smallest absolute Gasteiger partial charge is 0.251 e. The van der Waals surface area contributed by atoms with Gasteiger partial charge in [0.05, 0.1) is 0 Å². The third-order valence-electron chi connectivity index (χ3n) is 3.96. The van der Waals surface area contributed by atoms with Gasteiger partial charge in [-0.1, -0.05) is 26.8 Å². The van der Waals surface area contributed by atoms with Crippen LogP contribution >= 0.6 is 24.8 Å². The summed E-state index contributed by atoms with van der Waals surface area (Å²) in [5.41, 5.74) is 1.19. The van der Waals surface area contributed by atoms with Gasteiger partial charge in [0.1, 0.15) is 0 Å². The third kappa shape index (κ3) is 9.38. The molecule has 1 rings (SSSR count). The summed E-state index contributed by atoms with van der Waals surface area (Å²) in [5, 5.41) is 8.74. The molecule has 26 heavy (non-hydrogen) atoms. The lowest BCUT2D eigenvalue weighted by Gasteiger charge is -2.18. The summed E-state index contributed by atoms with van der Waals surface area (Å²) in [6.45, 7) is 10.1. The molecular weight excluding hydrogens is 375 g/mol. The molecule has 0 fully saturated rings. The van der Waals surface area contributed by atoms with Gasteiger partial charge in [0.2, 0.25) is 5.91 Å². The molecule has 0 heterocycles. The molecule has 0 saturated carbocycles. The van der Waals surface area contributed by atoms with E-state index in [9.17, 15) is 9.59 Å². The second-order valence-corrected chi connectivity index (χ2v) is 5.81. The zero-order valence-corrected chi connectivity index (χ0v) is 17.6. The number of hydrogen-bond donors (Lipinski definition) is 3. The monoisotopic (exact) mass is 406 g/mol. The molecule has 1 unspecified atom stereocenters. The van der Waals surface area contributed by atoms with Gasteiger partial charge in [0.15, 0.2) is 0 Å². The Morgan fingerprint density at radius 2 is 1.81 bits per heavy atom. The summed E-state index contributed by atoms with van der Waals surface area (Å²) >= 11 is 0. The van der Waals surface area contributed by atoms with Crippen LogP contribution in [0.1, 0.15) is 31.1 Å².